The fraction of sp³-hybridized carbons (Fsp3) is 0.261. The zero-order valence-electron chi connectivity index (χ0n) is 33.8. The molecule has 312 valence electrons. The summed E-state index contributed by atoms with van der Waals surface area (Å²) in [5, 5.41) is 15.8. The molecule has 0 spiro atoms. The molecule has 0 aliphatic carbocycles. The largest absolute Gasteiger partial charge is 0.494 e. The molecule has 60 heavy (non-hydrogen) atoms. The van der Waals surface area contributed by atoms with Crippen molar-refractivity contribution in [3.63, 3.8) is 0 Å². The van der Waals surface area contributed by atoms with Crippen LogP contribution in [0.25, 0.3) is 39.0 Å². The lowest BCUT2D eigenvalue weighted by molar-refractivity contribution is -0.386. The molecule has 7 rings (SSSR count). The molecule has 0 N–H and O–H groups in total. The number of nitrogens with zero attached hydrogens (tertiary/aromatic N) is 1. The van der Waals surface area contributed by atoms with E-state index in [4.69, 9.17) is 18.9 Å². The lowest BCUT2D eigenvalue weighted by atomic mass is 9.85. The molecule has 0 saturated heterocycles. The monoisotopic (exact) mass is 899 g/mol. The van der Waals surface area contributed by atoms with Crippen molar-refractivity contribution in [3.8, 4) is 50.5 Å². The van der Waals surface area contributed by atoms with Crippen LogP contribution in [0, 0.1) is 22.5 Å². The summed E-state index contributed by atoms with van der Waals surface area (Å²) in [6.07, 6.45) is -0.0783. The summed E-state index contributed by atoms with van der Waals surface area (Å²) >= 11 is 9.26. The van der Waals surface area contributed by atoms with Gasteiger partial charge in [0.2, 0.25) is 0 Å². The highest BCUT2D eigenvalue weighted by molar-refractivity contribution is 7.29. The molecule has 1 unspecified atom stereocenters. The Bertz CT molecular complexity index is 2360. The Morgan fingerprint density at radius 1 is 0.683 bits per heavy atom. The molecule has 0 radical (unpaired) electrons. The maximum Gasteiger partial charge on any atom is 0.323 e. The molecule has 0 bridgehead atoms. The molecule has 5 aromatic heterocycles. The molecule has 1 atom stereocenters. The standard InChI is InChI=1S/C26H33NO8.C20H12S5/c1-6-32-24(28)26(5,25(29)33-7-2)15-8-16-34-21-13-14-23(27(30)31)22(17-21)19(4)35-20-11-9-18(3)10-12-20;1-3-13(21-11-1)15-5-7-17(23-15)19-9-10-20(25-19)18-8-6-16(24-18)14-4-2-12-22-14/h9-14,17,19H,6-8,15-16H2,1-5H3;1-12H. The van der Waals surface area contributed by atoms with Crippen LogP contribution in [-0.2, 0) is 19.1 Å². The van der Waals surface area contributed by atoms with E-state index in [1.165, 1.54) is 58.1 Å². The number of carbonyl (C=O) groups excluding carboxylic acids is 2. The van der Waals surface area contributed by atoms with Gasteiger partial charge in [-0.3, -0.25) is 19.7 Å². The summed E-state index contributed by atoms with van der Waals surface area (Å²) in [6.45, 7) is 9.01. The smallest absolute Gasteiger partial charge is 0.323 e. The van der Waals surface area contributed by atoms with E-state index in [0.717, 1.165) is 5.56 Å². The average molecular weight is 900 g/mol. The number of ether oxygens (including phenoxy) is 4. The number of hydrogen-bond acceptors (Lipinski definition) is 13. The molecular weight excluding hydrogens is 855 g/mol. The molecule has 0 saturated carbocycles. The van der Waals surface area contributed by atoms with E-state index in [2.05, 4.69) is 71.4 Å². The molecule has 0 aliphatic rings. The van der Waals surface area contributed by atoms with E-state index >= 15 is 0 Å². The van der Waals surface area contributed by atoms with Gasteiger partial charge in [-0.05, 0) is 131 Å². The number of thiophene rings is 5. The van der Waals surface area contributed by atoms with Gasteiger partial charge in [0, 0.05) is 45.1 Å². The van der Waals surface area contributed by atoms with Crippen LogP contribution in [0.4, 0.5) is 5.69 Å². The van der Waals surface area contributed by atoms with Crippen molar-refractivity contribution in [2.24, 2.45) is 5.41 Å². The SMILES string of the molecule is CCOC(=O)C(C)(CCCOc1ccc([N+](=O)[O-])c(C(C)Oc2ccc(C)cc2)c1)C(=O)OCC.c1csc(-c2ccc(-c3ccc(-c4ccc(-c5cccs5)s4)s3)s2)c1. The lowest BCUT2D eigenvalue weighted by Crippen LogP contribution is -2.39. The summed E-state index contributed by atoms with van der Waals surface area (Å²) in [4.78, 5) is 46.7. The number of hydrogen-bond donors (Lipinski definition) is 0. The van der Waals surface area contributed by atoms with E-state index in [-0.39, 0.29) is 31.9 Å². The second-order valence-electron chi connectivity index (χ2n) is 13.7. The minimum absolute atomic E-state index is 0.0749. The van der Waals surface area contributed by atoms with Gasteiger partial charge in [0.1, 0.15) is 17.6 Å². The average Bonchev–Trinajstić information content (AvgIpc) is 4.09. The highest BCUT2D eigenvalue weighted by Gasteiger charge is 2.43. The van der Waals surface area contributed by atoms with Gasteiger partial charge in [0.15, 0.2) is 5.41 Å². The van der Waals surface area contributed by atoms with Gasteiger partial charge in [0.25, 0.3) is 5.69 Å². The van der Waals surface area contributed by atoms with Gasteiger partial charge in [-0.15, -0.1) is 56.7 Å². The Morgan fingerprint density at radius 2 is 1.15 bits per heavy atom. The third-order valence-electron chi connectivity index (χ3n) is 9.34. The minimum Gasteiger partial charge on any atom is -0.494 e. The quantitative estimate of drug-likeness (QED) is 0.0292. The van der Waals surface area contributed by atoms with E-state index < -0.39 is 28.4 Å². The van der Waals surface area contributed by atoms with Crippen molar-refractivity contribution in [3.05, 3.63) is 135 Å². The van der Waals surface area contributed by atoms with Crippen LogP contribution in [0.1, 0.15) is 57.8 Å². The van der Waals surface area contributed by atoms with E-state index in [1.807, 2.05) is 65.2 Å². The number of nitro benzene ring substituents is 1. The molecule has 0 fully saturated rings. The maximum atomic E-state index is 12.4. The number of benzene rings is 2. The van der Waals surface area contributed by atoms with E-state index in [1.54, 1.807) is 49.5 Å². The Labute approximate surface area is 370 Å². The van der Waals surface area contributed by atoms with E-state index in [9.17, 15) is 19.7 Å². The topological polar surface area (TPSA) is 114 Å². The number of nitro groups is 1. The summed E-state index contributed by atoms with van der Waals surface area (Å²) in [5.74, 6) is -0.267. The predicted octanol–water partition coefficient (Wildman–Crippen LogP) is 14.0. The number of rotatable bonds is 17. The Kier molecular flexibility index (Phi) is 15.5. The third-order valence-corrected chi connectivity index (χ3v) is 15.1. The van der Waals surface area contributed by atoms with Crippen molar-refractivity contribution >= 4 is 74.3 Å². The summed E-state index contributed by atoms with van der Waals surface area (Å²) in [5.41, 5.74) is -0.0645. The zero-order valence-corrected chi connectivity index (χ0v) is 37.9. The highest BCUT2D eigenvalue weighted by atomic mass is 32.1. The van der Waals surface area contributed by atoms with Gasteiger partial charge in [-0.25, -0.2) is 0 Å². The Balaban J connectivity index is 0.000000211. The second-order valence-corrected chi connectivity index (χ2v) is 18.9. The molecule has 2 aromatic carbocycles. The minimum atomic E-state index is -1.44. The van der Waals surface area contributed by atoms with Crippen LogP contribution >= 0.6 is 56.7 Å². The van der Waals surface area contributed by atoms with Crippen LogP contribution in [-0.4, -0.2) is 36.7 Å². The van der Waals surface area contributed by atoms with Gasteiger partial charge >= 0.3 is 11.9 Å². The first-order valence-corrected chi connectivity index (χ1v) is 23.6. The van der Waals surface area contributed by atoms with Crippen molar-refractivity contribution in [1.29, 1.82) is 0 Å². The molecule has 0 amide bonds. The molecule has 0 aliphatic heterocycles. The maximum absolute atomic E-state index is 12.4. The fourth-order valence-electron chi connectivity index (χ4n) is 6.13. The van der Waals surface area contributed by atoms with Crippen molar-refractivity contribution in [2.75, 3.05) is 19.8 Å². The van der Waals surface area contributed by atoms with Crippen molar-refractivity contribution < 1.29 is 33.5 Å². The Morgan fingerprint density at radius 3 is 1.58 bits per heavy atom. The first-order valence-electron chi connectivity index (χ1n) is 19.4. The molecule has 14 heteroatoms. The van der Waals surface area contributed by atoms with Crippen LogP contribution < -0.4 is 9.47 Å². The second kappa shape index (κ2) is 20.9. The fourth-order valence-corrected chi connectivity index (χ4v) is 11.0. The van der Waals surface area contributed by atoms with Gasteiger partial charge in [0.05, 0.1) is 30.3 Å². The normalized spacial score (nSPS) is 11.6. The first kappa shape index (κ1) is 44.4. The number of esters is 2. The number of aryl methyl sites for hydroxylation is 1. The van der Waals surface area contributed by atoms with Crippen molar-refractivity contribution in [2.45, 2.75) is 53.6 Å². The molecule has 7 aromatic rings. The van der Waals surface area contributed by atoms with Crippen molar-refractivity contribution in [1.82, 2.24) is 0 Å². The highest BCUT2D eigenvalue weighted by Crippen LogP contribution is 2.44. The van der Waals surface area contributed by atoms with Crippen LogP contribution in [0.3, 0.4) is 0 Å². The molecular formula is C46H45NO8S5. The van der Waals surface area contributed by atoms with E-state index in [0.29, 0.717) is 23.5 Å². The Hall–Kier alpha value is -5.12. The summed E-state index contributed by atoms with van der Waals surface area (Å²) < 4.78 is 21.8. The number of carbonyl (C=O) groups is 2. The summed E-state index contributed by atoms with van der Waals surface area (Å²) in [7, 11) is 0. The molecule has 9 nitrogen and oxygen atoms in total. The van der Waals surface area contributed by atoms with Gasteiger partial charge < -0.3 is 18.9 Å². The predicted molar refractivity (Wildman–Crippen MR) is 247 cm³/mol. The molecule has 5 heterocycles. The van der Waals surface area contributed by atoms with Crippen LogP contribution in [0.5, 0.6) is 11.5 Å². The lowest BCUT2D eigenvalue weighted by Gasteiger charge is -2.24. The van der Waals surface area contributed by atoms with Crippen LogP contribution in [0.2, 0.25) is 0 Å². The summed E-state index contributed by atoms with van der Waals surface area (Å²) in [6, 6.07) is 34.0. The van der Waals surface area contributed by atoms with Crippen LogP contribution in [0.15, 0.2) is 114 Å². The third kappa shape index (κ3) is 11.2. The van der Waals surface area contributed by atoms with Gasteiger partial charge in [-0.2, -0.15) is 0 Å². The first-order chi connectivity index (χ1) is 29.0. The zero-order chi connectivity index (χ0) is 42.6. The van der Waals surface area contributed by atoms with Gasteiger partial charge in [-0.1, -0.05) is 29.8 Å².